The summed E-state index contributed by atoms with van der Waals surface area (Å²) in [5.41, 5.74) is -0.279. The van der Waals surface area contributed by atoms with Crippen molar-refractivity contribution in [2.24, 2.45) is 5.92 Å². The van der Waals surface area contributed by atoms with Crippen LogP contribution in [-0.2, 0) is 23.9 Å². The van der Waals surface area contributed by atoms with E-state index in [0.29, 0.717) is 24.8 Å². The number of esters is 1. The SMILES string of the molecule is CCC(C)C(NC(=O)OC(C)(C)C)C(=O)N(C1CCC1)C(C(=O)NCC(=O)OC)c1ccc(O)cc1. The average molecular weight is 506 g/mol. The lowest BCUT2D eigenvalue weighted by Crippen LogP contribution is -2.59. The maximum absolute atomic E-state index is 14.1. The molecule has 0 saturated heterocycles. The van der Waals surface area contributed by atoms with Crippen LogP contribution in [-0.4, -0.2) is 65.2 Å². The second-order valence-corrected chi connectivity index (χ2v) is 10.1. The molecule has 10 heteroatoms. The minimum Gasteiger partial charge on any atom is -0.508 e. The number of alkyl carbamates (subject to hydrolysis) is 1. The largest absolute Gasteiger partial charge is 0.508 e. The van der Waals surface area contributed by atoms with Crippen LogP contribution >= 0.6 is 0 Å². The van der Waals surface area contributed by atoms with Crippen LogP contribution in [0.1, 0.15) is 71.9 Å². The third-order valence-corrected chi connectivity index (χ3v) is 6.24. The quantitative estimate of drug-likeness (QED) is 0.416. The molecule has 1 aromatic carbocycles. The number of nitrogens with one attached hydrogen (secondary N) is 2. The van der Waals surface area contributed by atoms with Crippen molar-refractivity contribution in [3.63, 3.8) is 0 Å². The summed E-state index contributed by atoms with van der Waals surface area (Å²) in [6.45, 7) is 8.61. The molecule has 0 radical (unpaired) electrons. The van der Waals surface area contributed by atoms with Crippen molar-refractivity contribution in [2.45, 2.75) is 84.0 Å². The van der Waals surface area contributed by atoms with Gasteiger partial charge in [-0.3, -0.25) is 14.4 Å². The van der Waals surface area contributed by atoms with Crippen LogP contribution in [0.25, 0.3) is 0 Å². The Morgan fingerprint density at radius 2 is 1.75 bits per heavy atom. The van der Waals surface area contributed by atoms with Gasteiger partial charge in [0.25, 0.3) is 0 Å². The number of rotatable bonds is 10. The molecule has 1 aromatic rings. The van der Waals surface area contributed by atoms with Crippen molar-refractivity contribution in [2.75, 3.05) is 13.7 Å². The molecule has 1 saturated carbocycles. The maximum Gasteiger partial charge on any atom is 0.408 e. The zero-order valence-electron chi connectivity index (χ0n) is 22.0. The van der Waals surface area contributed by atoms with E-state index in [0.717, 1.165) is 6.42 Å². The minimum absolute atomic E-state index is 0.0121. The predicted molar refractivity (Wildman–Crippen MR) is 133 cm³/mol. The average Bonchev–Trinajstić information content (AvgIpc) is 2.78. The Hall–Kier alpha value is -3.30. The first-order valence-electron chi connectivity index (χ1n) is 12.3. The van der Waals surface area contributed by atoms with E-state index in [9.17, 15) is 24.3 Å². The number of hydrogen-bond donors (Lipinski definition) is 3. The number of ether oxygens (including phenoxy) is 2. The number of nitrogens with zero attached hydrogens (tertiary/aromatic N) is 1. The molecule has 1 fully saturated rings. The number of hydrogen-bond acceptors (Lipinski definition) is 7. The van der Waals surface area contributed by atoms with E-state index < -0.39 is 41.6 Å². The predicted octanol–water partition coefficient (Wildman–Crippen LogP) is 3.04. The molecular formula is C26H39N3O7. The first-order chi connectivity index (χ1) is 16.9. The summed E-state index contributed by atoms with van der Waals surface area (Å²) in [7, 11) is 1.22. The van der Waals surface area contributed by atoms with E-state index in [4.69, 9.17) is 4.74 Å². The number of aromatic hydroxyl groups is 1. The lowest BCUT2D eigenvalue weighted by Gasteiger charge is -2.44. The first kappa shape index (κ1) is 28.9. The molecule has 1 aliphatic rings. The van der Waals surface area contributed by atoms with Gasteiger partial charge in [0.05, 0.1) is 7.11 Å². The number of carbonyl (C=O) groups is 4. The first-order valence-corrected chi connectivity index (χ1v) is 12.3. The van der Waals surface area contributed by atoms with Gasteiger partial charge in [-0.1, -0.05) is 32.4 Å². The molecule has 2 rings (SSSR count). The Balaban J connectivity index is 2.47. The molecule has 1 aliphatic carbocycles. The van der Waals surface area contributed by atoms with Crippen LogP contribution in [0.15, 0.2) is 24.3 Å². The van der Waals surface area contributed by atoms with Crippen LogP contribution in [0.3, 0.4) is 0 Å². The zero-order valence-corrected chi connectivity index (χ0v) is 22.0. The van der Waals surface area contributed by atoms with E-state index in [1.165, 1.54) is 24.1 Å². The van der Waals surface area contributed by atoms with Gasteiger partial charge in [-0.05, 0) is 63.6 Å². The van der Waals surface area contributed by atoms with Gasteiger partial charge in [0.1, 0.15) is 30.0 Å². The van der Waals surface area contributed by atoms with Crippen molar-refractivity contribution < 1.29 is 33.8 Å². The third-order valence-electron chi connectivity index (χ3n) is 6.24. The molecule has 0 aromatic heterocycles. The van der Waals surface area contributed by atoms with Gasteiger partial charge in [-0.15, -0.1) is 0 Å². The van der Waals surface area contributed by atoms with Gasteiger partial charge in [0.2, 0.25) is 11.8 Å². The van der Waals surface area contributed by atoms with Crippen molar-refractivity contribution >= 4 is 23.9 Å². The molecule has 10 nitrogen and oxygen atoms in total. The van der Waals surface area contributed by atoms with E-state index in [2.05, 4.69) is 15.4 Å². The van der Waals surface area contributed by atoms with Crippen LogP contribution in [0, 0.1) is 5.92 Å². The van der Waals surface area contributed by atoms with Crippen molar-refractivity contribution in [3.8, 4) is 5.75 Å². The molecule has 3 amide bonds. The van der Waals surface area contributed by atoms with Crippen LogP contribution < -0.4 is 10.6 Å². The molecule has 3 atom stereocenters. The standard InChI is InChI=1S/C26H39N3O7/c1-7-16(2)21(28-25(34)36-26(3,4)5)24(33)29(18-9-8-10-18)22(17-11-13-19(30)14-12-17)23(32)27-15-20(31)35-6/h11-14,16,18,21-22,30H,7-10,15H2,1-6H3,(H,27,32)(H,28,34). The summed E-state index contributed by atoms with van der Waals surface area (Å²) in [4.78, 5) is 53.3. The summed E-state index contributed by atoms with van der Waals surface area (Å²) >= 11 is 0. The Kier molecular flexibility index (Phi) is 10.1. The van der Waals surface area contributed by atoms with Crippen molar-refractivity contribution in [3.05, 3.63) is 29.8 Å². The molecule has 200 valence electrons. The third kappa shape index (κ3) is 7.86. The van der Waals surface area contributed by atoms with Crippen LogP contribution in [0.5, 0.6) is 5.75 Å². The Labute approximate surface area is 212 Å². The highest BCUT2D eigenvalue weighted by Crippen LogP contribution is 2.35. The van der Waals surface area contributed by atoms with Crippen molar-refractivity contribution in [1.82, 2.24) is 15.5 Å². The molecule has 0 spiro atoms. The molecule has 3 unspecified atom stereocenters. The van der Waals surface area contributed by atoms with Gasteiger partial charge in [-0.2, -0.15) is 0 Å². The molecule has 36 heavy (non-hydrogen) atoms. The fourth-order valence-corrected chi connectivity index (χ4v) is 3.88. The second-order valence-electron chi connectivity index (χ2n) is 10.1. The smallest absolute Gasteiger partial charge is 0.408 e. The highest BCUT2D eigenvalue weighted by Gasteiger charge is 2.43. The number of carbonyl (C=O) groups excluding carboxylic acids is 4. The minimum atomic E-state index is -1.08. The van der Waals surface area contributed by atoms with Gasteiger partial charge in [0.15, 0.2) is 0 Å². The van der Waals surface area contributed by atoms with E-state index >= 15 is 0 Å². The summed E-state index contributed by atoms with van der Waals surface area (Å²) in [5, 5.41) is 15.1. The monoisotopic (exact) mass is 505 g/mol. The fraction of sp³-hybridized carbons (Fsp3) is 0.615. The van der Waals surface area contributed by atoms with Gasteiger partial charge in [-0.25, -0.2) is 4.79 Å². The maximum atomic E-state index is 14.1. The number of phenolic OH excluding ortho intramolecular Hbond substituents is 1. The summed E-state index contributed by atoms with van der Waals surface area (Å²) in [6.07, 6.45) is 2.18. The highest BCUT2D eigenvalue weighted by atomic mass is 16.6. The zero-order chi connectivity index (χ0) is 27.0. The lowest BCUT2D eigenvalue weighted by molar-refractivity contribution is -0.149. The van der Waals surface area contributed by atoms with Crippen LogP contribution in [0.4, 0.5) is 4.79 Å². The fourth-order valence-electron chi connectivity index (χ4n) is 3.88. The number of amides is 3. The second kappa shape index (κ2) is 12.6. The summed E-state index contributed by atoms with van der Waals surface area (Å²) in [6, 6.07) is 3.76. The van der Waals surface area contributed by atoms with E-state index in [1.54, 1.807) is 32.9 Å². The normalized spacial score (nSPS) is 16.1. The summed E-state index contributed by atoms with van der Waals surface area (Å²) < 4.78 is 10.0. The van der Waals surface area contributed by atoms with Gasteiger partial charge in [0, 0.05) is 6.04 Å². The molecule has 0 bridgehead atoms. The van der Waals surface area contributed by atoms with Gasteiger partial charge >= 0.3 is 12.1 Å². The Morgan fingerprint density at radius 3 is 2.22 bits per heavy atom. The highest BCUT2D eigenvalue weighted by molar-refractivity contribution is 5.93. The molecule has 0 aliphatic heterocycles. The Bertz CT molecular complexity index is 922. The number of phenols is 1. The molecule has 0 heterocycles. The van der Waals surface area contributed by atoms with Gasteiger partial charge < -0.3 is 30.1 Å². The molecular weight excluding hydrogens is 466 g/mol. The van der Waals surface area contributed by atoms with Crippen LogP contribution in [0.2, 0.25) is 0 Å². The topological polar surface area (TPSA) is 134 Å². The van der Waals surface area contributed by atoms with E-state index in [-0.39, 0.29) is 24.3 Å². The molecule has 3 N–H and O–H groups in total. The number of methoxy groups -OCH3 is 1. The Morgan fingerprint density at radius 1 is 1.14 bits per heavy atom. The number of benzene rings is 1. The summed E-state index contributed by atoms with van der Waals surface area (Å²) in [5.74, 6) is -1.83. The van der Waals surface area contributed by atoms with E-state index in [1.807, 2.05) is 13.8 Å². The lowest BCUT2D eigenvalue weighted by atomic mass is 9.86. The van der Waals surface area contributed by atoms with Crippen molar-refractivity contribution in [1.29, 1.82) is 0 Å².